The van der Waals surface area contributed by atoms with Crippen LogP contribution in [0.2, 0.25) is 0 Å². The van der Waals surface area contributed by atoms with Gasteiger partial charge < -0.3 is 16.4 Å². The Morgan fingerprint density at radius 1 is 1.30 bits per heavy atom. The van der Waals surface area contributed by atoms with Gasteiger partial charge in [0.15, 0.2) is 0 Å². The second-order valence-electron chi connectivity index (χ2n) is 8.05. The molecular weight excluding hydrogens is 450 g/mol. The lowest BCUT2D eigenvalue weighted by atomic mass is 9.64. The van der Waals surface area contributed by atoms with E-state index in [1.165, 1.54) is 11.8 Å². The lowest BCUT2D eigenvalue weighted by Gasteiger charge is -2.42. The first kappa shape index (κ1) is 23.1. The molecule has 1 saturated carbocycles. The van der Waals surface area contributed by atoms with Crippen molar-refractivity contribution in [1.29, 1.82) is 5.26 Å². The molecule has 1 aromatic rings. The van der Waals surface area contributed by atoms with Gasteiger partial charge in [0.05, 0.1) is 34.7 Å². The normalized spacial score (nSPS) is 21.5. The molecule has 6 nitrogen and oxygen atoms in total. The van der Waals surface area contributed by atoms with Crippen LogP contribution in [0.15, 0.2) is 61.9 Å². The Bertz CT molecular complexity index is 1150. The summed E-state index contributed by atoms with van der Waals surface area (Å²) in [5.41, 5.74) is 9.71. The Kier molecular flexibility index (Phi) is 7.17. The van der Waals surface area contributed by atoms with Crippen molar-refractivity contribution in [3.05, 3.63) is 62.5 Å². The number of carbonyl (C=O) groups excluding carboxylic acids is 1. The third-order valence-corrected chi connectivity index (χ3v) is 7.92. The quantitative estimate of drug-likeness (QED) is 0.555. The van der Waals surface area contributed by atoms with Gasteiger partial charge in [-0.15, -0.1) is 6.42 Å². The Labute approximate surface area is 202 Å². The number of terminal acetylenes is 1. The average molecular weight is 476 g/mol. The first-order chi connectivity index (χ1) is 16.1. The molecule has 168 valence electrons. The van der Waals surface area contributed by atoms with E-state index in [1.54, 1.807) is 11.8 Å². The molecule has 1 aliphatic carbocycles. The van der Waals surface area contributed by atoms with E-state index < -0.39 is 5.41 Å². The monoisotopic (exact) mass is 475 g/mol. The molecule has 0 atom stereocenters. The number of nitrogens with one attached hydrogen (secondary N) is 2. The highest BCUT2D eigenvalue weighted by Crippen LogP contribution is 2.55. The number of nitriles is 1. The standard InChI is InChI=1S/C25H25N5OS2/c1-2-13-28-20(31)16-33-23-18(14-26)25(11-7-4-8-12-25)21(22(27)30-23)24-29-19(15-32-24)17-9-5-3-6-10-17/h1,3,5-6,9-10,15,29H,4,7-8,11-13,16H2,(H2,27,30)(H,28,31). The van der Waals surface area contributed by atoms with Crippen LogP contribution in [0.5, 0.6) is 0 Å². The molecule has 1 amide bonds. The van der Waals surface area contributed by atoms with Crippen molar-refractivity contribution in [3.8, 4) is 18.4 Å². The summed E-state index contributed by atoms with van der Waals surface area (Å²) in [4.78, 5) is 16.7. The van der Waals surface area contributed by atoms with Gasteiger partial charge in [0, 0.05) is 16.4 Å². The minimum atomic E-state index is -0.494. The highest BCUT2D eigenvalue weighted by Gasteiger charge is 2.47. The fourth-order valence-corrected chi connectivity index (χ4v) is 6.49. The number of allylic oxidation sites excluding steroid dienone is 1. The molecule has 1 spiro atoms. The molecule has 2 heterocycles. The maximum Gasteiger partial charge on any atom is 0.231 e. The molecule has 0 bridgehead atoms. The van der Waals surface area contributed by atoms with Crippen molar-refractivity contribution < 1.29 is 4.79 Å². The van der Waals surface area contributed by atoms with Crippen LogP contribution < -0.4 is 16.4 Å². The van der Waals surface area contributed by atoms with Gasteiger partial charge >= 0.3 is 0 Å². The lowest BCUT2D eigenvalue weighted by Crippen LogP contribution is -2.40. The number of hydrogen-bond acceptors (Lipinski definition) is 7. The van der Waals surface area contributed by atoms with E-state index in [-0.39, 0.29) is 18.2 Å². The van der Waals surface area contributed by atoms with Gasteiger partial charge in [-0.25, -0.2) is 4.99 Å². The van der Waals surface area contributed by atoms with Gasteiger partial charge in [0.25, 0.3) is 0 Å². The van der Waals surface area contributed by atoms with Gasteiger partial charge in [-0.05, 0) is 18.4 Å². The van der Waals surface area contributed by atoms with Crippen LogP contribution in [0.25, 0.3) is 5.70 Å². The van der Waals surface area contributed by atoms with Crippen LogP contribution >= 0.6 is 23.5 Å². The zero-order valence-corrected chi connectivity index (χ0v) is 19.8. The zero-order valence-electron chi connectivity index (χ0n) is 18.2. The van der Waals surface area contributed by atoms with Crippen molar-refractivity contribution in [2.24, 2.45) is 16.1 Å². The molecule has 2 aliphatic heterocycles. The van der Waals surface area contributed by atoms with E-state index in [1.807, 2.05) is 18.2 Å². The molecule has 3 aliphatic rings. The minimum absolute atomic E-state index is 0.133. The number of amidine groups is 1. The van der Waals surface area contributed by atoms with Crippen LogP contribution in [-0.4, -0.2) is 24.0 Å². The number of rotatable bonds is 5. The SMILES string of the molecule is C#CCNC(=O)CSC1=C(C#N)C2(CCCCC2)C(=C2NC(c3ccccc3)=CS2)C(N)=N1. The number of amides is 1. The second kappa shape index (κ2) is 10.2. The van der Waals surface area contributed by atoms with Gasteiger partial charge in [-0.1, -0.05) is 79.0 Å². The molecule has 1 fully saturated rings. The Hall–Kier alpha value is -3.07. The molecular formula is C25H25N5OS2. The highest BCUT2D eigenvalue weighted by molar-refractivity contribution is 8.06. The molecule has 0 radical (unpaired) electrons. The third kappa shape index (κ3) is 4.68. The summed E-state index contributed by atoms with van der Waals surface area (Å²) in [6, 6.07) is 12.6. The van der Waals surface area contributed by atoms with E-state index in [0.29, 0.717) is 16.4 Å². The van der Waals surface area contributed by atoms with E-state index >= 15 is 0 Å². The third-order valence-electron chi connectivity index (χ3n) is 6.05. The maximum absolute atomic E-state index is 12.1. The second-order valence-corrected chi connectivity index (χ2v) is 9.89. The van der Waals surface area contributed by atoms with E-state index in [0.717, 1.165) is 54.0 Å². The predicted molar refractivity (Wildman–Crippen MR) is 136 cm³/mol. The number of carbonyl (C=O) groups is 1. The average Bonchev–Trinajstić information content (AvgIpc) is 3.32. The Morgan fingerprint density at radius 3 is 2.76 bits per heavy atom. The van der Waals surface area contributed by atoms with Crippen LogP contribution in [0.3, 0.4) is 0 Å². The number of benzene rings is 1. The first-order valence-corrected chi connectivity index (χ1v) is 12.7. The van der Waals surface area contributed by atoms with E-state index in [4.69, 9.17) is 12.2 Å². The van der Waals surface area contributed by atoms with E-state index in [9.17, 15) is 10.1 Å². The highest BCUT2D eigenvalue weighted by atomic mass is 32.2. The van der Waals surface area contributed by atoms with Gasteiger partial charge in [0.1, 0.15) is 10.9 Å². The van der Waals surface area contributed by atoms with Crippen LogP contribution in [0.1, 0.15) is 37.7 Å². The summed E-state index contributed by atoms with van der Waals surface area (Å²) in [6.45, 7) is 0.175. The first-order valence-electron chi connectivity index (χ1n) is 10.9. The van der Waals surface area contributed by atoms with Crippen LogP contribution in [0.4, 0.5) is 0 Å². The van der Waals surface area contributed by atoms with Crippen molar-refractivity contribution >= 4 is 41.0 Å². The number of nitrogens with two attached hydrogens (primary N) is 1. The summed E-state index contributed by atoms with van der Waals surface area (Å²) in [5, 5.41) is 20.0. The number of nitrogens with zero attached hydrogens (tertiary/aromatic N) is 2. The number of hydrogen-bond donors (Lipinski definition) is 3. The molecule has 8 heteroatoms. The van der Waals surface area contributed by atoms with Crippen molar-refractivity contribution in [2.45, 2.75) is 32.1 Å². The lowest BCUT2D eigenvalue weighted by molar-refractivity contribution is -0.118. The summed E-state index contributed by atoms with van der Waals surface area (Å²) in [5.74, 6) is 2.75. The van der Waals surface area contributed by atoms with E-state index in [2.05, 4.69) is 45.2 Å². The van der Waals surface area contributed by atoms with Gasteiger partial charge in [0.2, 0.25) is 5.91 Å². The molecule has 0 saturated heterocycles. The van der Waals surface area contributed by atoms with Gasteiger partial charge in [-0.3, -0.25) is 4.79 Å². The van der Waals surface area contributed by atoms with Crippen LogP contribution in [0, 0.1) is 29.1 Å². The Balaban J connectivity index is 1.69. The number of thioether (sulfide) groups is 2. The van der Waals surface area contributed by atoms with Crippen LogP contribution in [-0.2, 0) is 4.79 Å². The fourth-order valence-electron chi connectivity index (χ4n) is 4.56. The van der Waals surface area contributed by atoms with Crippen molar-refractivity contribution in [1.82, 2.24) is 10.6 Å². The smallest absolute Gasteiger partial charge is 0.231 e. The molecule has 33 heavy (non-hydrogen) atoms. The Morgan fingerprint density at radius 2 is 2.06 bits per heavy atom. The summed E-state index contributed by atoms with van der Waals surface area (Å²) in [6.07, 6.45) is 10.0. The molecule has 4 rings (SSSR count). The maximum atomic E-state index is 12.1. The molecule has 0 unspecified atom stereocenters. The largest absolute Gasteiger partial charge is 0.383 e. The summed E-state index contributed by atoms with van der Waals surface area (Å²) >= 11 is 2.84. The van der Waals surface area contributed by atoms with Gasteiger partial charge in [-0.2, -0.15) is 5.26 Å². The topological polar surface area (TPSA) is 103 Å². The van der Waals surface area contributed by atoms with Crippen molar-refractivity contribution in [2.75, 3.05) is 12.3 Å². The fraction of sp³-hybridized carbons (Fsp3) is 0.320. The van der Waals surface area contributed by atoms with Crippen molar-refractivity contribution in [3.63, 3.8) is 0 Å². The minimum Gasteiger partial charge on any atom is -0.383 e. The summed E-state index contributed by atoms with van der Waals surface area (Å²) < 4.78 is 0. The zero-order chi connectivity index (χ0) is 23.3. The molecule has 0 aromatic heterocycles. The summed E-state index contributed by atoms with van der Waals surface area (Å²) in [7, 11) is 0. The number of aliphatic imine (C=N–C) groups is 1. The molecule has 1 aromatic carbocycles. The predicted octanol–water partition coefficient (Wildman–Crippen LogP) is 4.07. The molecule has 4 N–H and O–H groups in total.